The van der Waals surface area contributed by atoms with Gasteiger partial charge in [0.15, 0.2) is 5.79 Å². The molecule has 3 atom stereocenters. The number of rotatable bonds is 3. The maximum atomic E-state index is 13.1. The van der Waals surface area contributed by atoms with Gasteiger partial charge in [-0.15, -0.1) is 0 Å². The van der Waals surface area contributed by atoms with Gasteiger partial charge < -0.3 is 14.8 Å². The van der Waals surface area contributed by atoms with Crippen LogP contribution in [0.1, 0.15) is 50.6 Å². The Morgan fingerprint density at radius 2 is 1.91 bits per heavy atom. The van der Waals surface area contributed by atoms with Crippen LogP contribution < -0.4 is 5.32 Å². The second-order valence-corrected chi connectivity index (χ2v) is 7.22. The number of hydrogen-bond acceptors (Lipinski definition) is 3. The maximum absolute atomic E-state index is 13.1. The Kier molecular flexibility index (Phi) is 3.69. The lowest BCUT2D eigenvalue weighted by Crippen LogP contribution is -2.63. The highest BCUT2D eigenvalue weighted by Gasteiger charge is 2.65. The molecule has 1 spiro atoms. The first-order chi connectivity index (χ1) is 11.2. The fraction of sp³-hybridized carbons (Fsp3) is 0.632. The number of carbonyl (C=O) groups excluding carboxylic acids is 1. The van der Waals surface area contributed by atoms with E-state index in [0.29, 0.717) is 13.2 Å². The van der Waals surface area contributed by atoms with E-state index in [1.54, 1.807) is 0 Å². The Labute approximate surface area is 137 Å². The van der Waals surface area contributed by atoms with Crippen molar-refractivity contribution in [3.63, 3.8) is 0 Å². The van der Waals surface area contributed by atoms with Crippen LogP contribution >= 0.6 is 0 Å². The highest BCUT2D eigenvalue weighted by Crippen LogP contribution is 2.61. The van der Waals surface area contributed by atoms with Crippen LogP contribution in [0.5, 0.6) is 0 Å². The van der Waals surface area contributed by atoms with Gasteiger partial charge >= 0.3 is 0 Å². The summed E-state index contributed by atoms with van der Waals surface area (Å²) in [6.07, 6.45) is 4.89. The zero-order chi connectivity index (χ0) is 15.9. The normalized spacial score (nSPS) is 32.8. The lowest BCUT2D eigenvalue weighted by molar-refractivity contribution is -0.270. The molecule has 0 aromatic heterocycles. The highest BCUT2D eigenvalue weighted by molar-refractivity contribution is 5.84. The summed E-state index contributed by atoms with van der Waals surface area (Å²) in [6.45, 7) is 3.38. The average molecular weight is 315 g/mol. The van der Waals surface area contributed by atoms with Crippen molar-refractivity contribution < 1.29 is 14.3 Å². The molecular formula is C19H25NO3. The third-order valence-electron chi connectivity index (χ3n) is 6.10. The van der Waals surface area contributed by atoms with Crippen LogP contribution in [0.3, 0.4) is 0 Å². The van der Waals surface area contributed by atoms with Gasteiger partial charge in [-0.25, -0.2) is 0 Å². The molecule has 2 unspecified atom stereocenters. The van der Waals surface area contributed by atoms with Crippen molar-refractivity contribution in [2.75, 3.05) is 13.2 Å². The van der Waals surface area contributed by atoms with Crippen LogP contribution in [0.25, 0.3) is 0 Å². The van der Waals surface area contributed by atoms with Gasteiger partial charge in [0.25, 0.3) is 0 Å². The van der Waals surface area contributed by atoms with E-state index in [-0.39, 0.29) is 23.3 Å². The van der Waals surface area contributed by atoms with Gasteiger partial charge in [0.05, 0.1) is 24.7 Å². The molecule has 0 radical (unpaired) electrons. The average Bonchev–Trinajstić information content (AvgIpc) is 2.99. The van der Waals surface area contributed by atoms with Gasteiger partial charge in [-0.05, 0) is 38.2 Å². The van der Waals surface area contributed by atoms with E-state index in [1.165, 1.54) is 0 Å². The van der Waals surface area contributed by atoms with Crippen molar-refractivity contribution >= 4 is 5.91 Å². The summed E-state index contributed by atoms with van der Waals surface area (Å²) in [7, 11) is 0. The molecule has 1 N–H and O–H groups in total. The number of benzene rings is 1. The van der Waals surface area contributed by atoms with Crippen molar-refractivity contribution in [2.45, 2.75) is 50.9 Å². The van der Waals surface area contributed by atoms with E-state index in [4.69, 9.17) is 9.47 Å². The number of hydrogen-bond donors (Lipinski definition) is 1. The van der Waals surface area contributed by atoms with Gasteiger partial charge in [-0.2, -0.15) is 0 Å². The van der Waals surface area contributed by atoms with Gasteiger partial charge in [0.2, 0.25) is 5.91 Å². The molecule has 3 aliphatic rings. The molecule has 4 rings (SSSR count). The van der Waals surface area contributed by atoms with Crippen LogP contribution in [0, 0.1) is 11.3 Å². The molecule has 4 heteroatoms. The molecule has 2 saturated carbocycles. The molecule has 1 saturated heterocycles. The summed E-state index contributed by atoms with van der Waals surface area (Å²) in [5.41, 5.74) is 0.859. The van der Waals surface area contributed by atoms with E-state index < -0.39 is 5.79 Å². The van der Waals surface area contributed by atoms with Crippen LogP contribution in [0.2, 0.25) is 0 Å². The zero-order valence-electron chi connectivity index (χ0n) is 13.7. The van der Waals surface area contributed by atoms with Gasteiger partial charge in [-0.3, -0.25) is 4.79 Å². The molecule has 1 aromatic carbocycles. The Morgan fingerprint density at radius 3 is 2.57 bits per heavy atom. The molecule has 4 nitrogen and oxygen atoms in total. The van der Waals surface area contributed by atoms with Gasteiger partial charge in [-0.1, -0.05) is 30.3 Å². The third-order valence-corrected chi connectivity index (χ3v) is 6.10. The minimum atomic E-state index is -0.482. The summed E-state index contributed by atoms with van der Waals surface area (Å²) in [5.74, 6) is -0.0819. The van der Waals surface area contributed by atoms with Crippen molar-refractivity contribution in [1.29, 1.82) is 0 Å². The fourth-order valence-corrected chi connectivity index (χ4v) is 4.77. The molecule has 3 fully saturated rings. The number of ether oxygens (including phenoxy) is 2. The lowest BCUT2D eigenvalue weighted by atomic mass is 9.51. The smallest absolute Gasteiger partial charge is 0.227 e. The SMILES string of the molecule is C[C@H](NC(=O)C12CCCC3(OCCO3)C1CC2)c1ccccc1. The Morgan fingerprint density at radius 1 is 1.17 bits per heavy atom. The van der Waals surface area contributed by atoms with Crippen molar-refractivity contribution in [3.05, 3.63) is 35.9 Å². The van der Waals surface area contributed by atoms with E-state index in [9.17, 15) is 4.79 Å². The summed E-state index contributed by atoms with van der Waals surface area (Å²) in [4.78, 5) is 13.1. The van der Waals surface area contributed by atoms with Gasteiger partial charge in [0.1, 0.15) is 0 Å². The Balaban J connectivity index is 1.51. The predicted molar refractivity (Wildman–Crippen MR) is 86.6 cm³/mol. The first-order valence-electron chi connectivity index (χ1n) is 8.80. The van der Waals surface area contributed by atoms with Crippen LogP contribution in [0.4, 0.5) is 0 Å². The quantitative estimate of drug-likeness (QED) is 0.932. The van der Waals surface area contributed by atoms with E-state index in [1.807, 2.05) is 18.2 Å². The van der Waals surface area contributed by atoms with Gasteiger partial charge in [0, 0.05) is 12.3 Å². The minimum absolute atomic E-state index is 0.0302. The van der Waals surface area contributed by atoms with Crippen molar-refractivity contribution in [3.8, 4) is 0 Å². The Hall–Kier alpha value is -1.39. The summed E-state index contributed by atoms with van der Waals surface area (Å²) >= 11 is 0. The number of carbonyl (C=O) groups is 1. The Bertz CT molecular complexity index is 582. The second kappa shape index (κ2) is 5.60. The van der Waals surface area contributed by atoms with E-state index >= 15 is 0 Å². The third kappa shape index (κ3) is 2.31. The lowest BCUT2D eigenvalue weighted by Gasteiger charge is -2.58. The molecular weight excluding hydrogens is 290 g/mol. The molecule has 0 bridgehead atoms. The summed E-state index contributed by atoms with van der Waals surface area (Å²) < 4.78 is 12.0. The maximum Gasteiger partial charge on any atom is 0.227 e. The number of amides is 1. The number of fused-ring (bicyclic) bond motifs is 2. The van der Waals surface area contributed by atoms with E-state index in [2.05, 4.69) is 24.4 Å². The first kappa shape index (κ1) is 15.2. The van der Waals surface area contributed by atoms with Crippen LogP contribution in [-0.2, 0) is 14.3 Å². The molecule has 23 heavy (non-hydrogen) atoms. The molecule has 1 aromatic rings. The molecule has 1 heterocycles. The topological polar surface area (TPSA) is 47.6 Å². The fourth-order valence-electron chi connectivity index (χ4n) is 4.77. The molecule has 124 valence electrons. The minimum Gasteiger partial charge on any atom is -0.349 e. The van der Waals surface area contributed by atoms with Crippen molar-refractivity contribution in [1.82, 2.24) is 5.32 Å². The number of nitrogens with one attached hydrogen (secondary N) is 1. The standard InChI is InChI=1S/C19H25NO3/c1-14(15-6-3-2-4-7-15)20-17(21)18-9-5-10-19(16(18)8-11-18)22-12-13-23-19/h2-4,6-7,14,16H,5,8-13H2,1H3,(H,20,21)/t14-,16?,18?/m0/s1. The predicted octanol–water partition coefficient (Wildman–Crippen LogP) is 3.19. The summed E-state index contributed by atoms with van der Waals surface area (Å²) in [5, 5.41) is 3.24. The van der Waals surface area contributed by atoms with Crippen molar-refractivity contribution in [2.24, 2.45) is 11.3 Å². The van der Waals surface area contributed by atoms with Crippen LogP contribution in [-0.4, -0.2) is 24.9 Å². The highest BCUT2D eigenvalue weighted by atomic mass is 16.7. The molecule has 1 aliphatic heterocycles. The van der Waals surface area contributed by atoms with E-state index in [0.717, 1.165) is 37.7 Å². The van der Waals surface area contributed by atoms with Crippen LogP contribution in [0.15, 0.2) is 30.3 Å². The molecule has 1 amide bonds. The summed E-state index contributed by atoms with van der Waals surface area (Å²) in [6, 6.07) is 10.2. The first-order valence-corrected chi connectivity index (χ1v) is 8.80. The largest absolute Gasteiger partial charge is 0.349 e. The molecule has 2 aliphatic carbocycles. The zero-order valence-corrected chi connectivity index (χ0v) is 13.7. The second-order valence-electron chi connectivity index (χ2n) is 7.22. The monoisotopic (exact) mass is 315 g/mol.